The number of nitrogens with zero attached hydrogens (tertiary/aromatic N) is 4. The number of pyridine rings is 1. The van der Waals surface area contributed by atoms with Gasteiger partial charge in [0.2, 0.25) is 0 Å². The van der Waals surface area contributed by atoms with Gasteiger partial charge in [0.05, 0.1) is 11.8 Å². The van der Waals surface area contributed by atoms with E-state index in [-0.39, 0.29) is 11.3 Å². The predicted molar refractivity (Wildman–Crippen MR) is 74.9 cm³/mol. The fraction of sp³-hybridized carbons (Fsp3) is 0.400. The molecule has 2 aromatic rings. The summed E-state index contributed by atoms with van der Waals surface area (Å²) < 4.78 is 1.69. The van der Waals surface area contributed by atoms with Gasteiger partial charge < -0.3 is 10.0 Å². The van der Waals surface area contributed by atoms with E-state index in [0.29, 0.717) is 18.8 Å². The fourth-order valence-corrected chi connectivity index (χ4v) is 3.02. The molecule has 6 nitrogen and oxygen atoms in total. The quantitative estimate of drug-likeness (QED) is 0.888. The first-order valence-corrected chi connectivity index (χ1v) is 7.11. The van der Waals surface area contributed by atoms with E-state index in [4.69, 9.17) is 0 Å². The standard InChI is InChI=1S/C15H16N4O2/c20-13-9-18(10-15(13)3-4-15)14(21)12-8-11(2-6-16-12)19-7-1-5-17-19/h1-2,5-8,13,20H,3-4,9-10H2. The molecule has 108 valence electrons. The number of aliphatic hydroxyl groups excluding tert-OH is 1. The second kappa shape index (κ2) is 4.39. The summed E-state index contributed by atoms with van der Waals surface area (Å²) in [5.41, 5.74) is 1.17. The Morgan fingerprint density at radius 2 is 2.24 bits per heavy atom. The van der Waals surface area contributed by atoms with Gasteiger partial charge in [0.15, 0.2) is 0 Å². The van der Waals surface area contributed by atoms with E-state index in [9.17, 15) is 9.90 Å². The lowest BCUT2D eigenvalue weighted by molar-refractivity contribution is 0.0758. The van der Waals surface area contributed by atoms with Crippen LogP contribution in [0, 0.1) is 5.41 Å². The van der Waals surface area contributed by atoms with Crippen LogP contribution in [0.4, 0.5) is 0 Å². The maximum Gasteiger partial charge on any atom is 0.272 e. The Morgan fingerprint density at radius 3 is 2.90 bits per heavy atom. The number of hydrogen-bond donors (Lipinski definition) is 1. The van der Waals surface area contributed by atoms with Crippen LogP contribution in [0.2, 0.25) is 0 Å². The van der Waals surface area contributed by atoms with Crippen LogP contribution in [-0.4, -0.2) is 49.9 Å². The largest absolute Gasteiger partial charge is 0.391 e. The number of likely N-dealkylation sites (tertiary alicyclic amines) is 1. The lowest BCUT2D eigenvalue weighted by Gasteiger charge is -2.15. The molecule has 1 saturated carbocycles. The maximum absolute atomic E-state index is 12.6. The van der Waals surface area contributed by atoms with E-state index >= 15 is 0 Å². The maximum atomic E-state index is 12.6. The van der Waals surface area contributed by atoms with E-state index in [2.05, 4.69) is 10.1 Å². The smallest absolute Gasteiger partial charge is 0.272 e. The van der Waals surface area contributed by atoms with Gasteiger partial charge in [-0.25, -0.2) is 4.68 Å². The molecule has 1 saturated heterocycles. The first-order valence-electron chi connectivity index (χ1n) is 7.11. The molecule has 21 heavy (non-hydrogen) atoms. The molecule has 1 atom stereocenters. The topological polar surface area (TPSA) is 71.2 Å². The van der Waals surface area contributed by atoms with E-state index < -0.39 is 6.10 Å². The number of carbonyl (C=O) groups is 1. The van der Waals surface area contributed by atoms with Crippen LogP contribution in [0.15, 0.2) is 36.8 Å². The van der Waals surface area contributed by atoms with Crippen molar-refractivity contribution in [1.29, 1.82) is 0 Å². The third-order valence-electron chi connectivity index (χ3n) is 4.52. The second-order valence-electron chi connectivity index (χ2n) is 5.91. The molecule has 2 fully saturated rings. The summed E-state index contributed by atoms with van der Waals surface area (Å²) in [5, 5.41) is 14.2. The van der Waals surface area contributed by atoms with Gasteiger partial charge in [-0.2, -0.15) is 5.10 Å². The van der Waals surface area contributed by atoms with Crippen molar-refractivity contribution in [3.63, 3.8) is 0 Å². The minimum Gasteiger partial charge on any atom is -0.391 e. The Labute approximate surface area is 122 Å². The van der Waals surface area contributed by atoms with Crippen LogP contribution in [0.3, 0.4) is 0 Å². The average molecular weight is 284 g/mol. The molecule has 4 rings (SSSR count). The van der Waals surface area contributed by atoms with Crippen molar-refractivity contribution < 1.29 is 9.90 Å². The second-order valence-corrected chi connectivity index (χ2v) is 5.91. The molecule has 0 aromatic carbocycles. The highest BCUT2D eigenvalue weighted by Crippen LogP contribution is 2.52. The van der Waals surface area contributed by atoms with E-state index in [1.54, 1.807) is 28.0 Å². The van der Waals surface area contributed by atoms with Gasteiger partial charge in [-0.15, -0.1) is 0 Å². The SMILES string of the molecule is O=C(c1cc(-n2cccn2)ccn1)N1CC(O)C2(CC2)C1. The van der Waals surface area contributed by atoms with Gasteiger partial charge in [-0.1, -0.05) is 0 Å². The van der Waals surface area contributed by atoms with Crippen molar-refractivity contribution in [2.24, 2.45) is 5.41 Å². The molecular formula is C15H16N4O2. The van der Waals surface area contributed by atoms with Crippen molar-refractivity contribution in [2.45, 2.75) is 18.9 Å². The zero-order chi connectivity index (χ0) is 14.4. The molecule has 0 radical (unpaired) electrons. The molecule has 2 aliphatic rings. The predicted octanol–water partition coefficient (Wildman–Crippen LogP) is 0.864. The van der Waals surface area contributed by atoms with Gasteiger partial charge in [0.25, 0.3) is 5.91 Å². The van der Waals surface area contributed by atoms with Crippen LogP contribution >= 0.6 is 0 Å². The molecule has 3 heterocycles. The Hall–Kier alpha value is -2.21. The van der Waals surface area contributed by atoms with E-state index in [0.717, 1.165) is 18.5 Å². The van der Waals surface area contributed by atoms with Crippen LogP contribution in [0.25, 0.3) is 5.69 Å². The summed E-state index contributed by atoms with van der Waals surface area (Å²) in [6.45, 7) is 1.05. The van der Waals surface area contributed by atoms with Gasteiger partial charge in [-0.05, 0) is 31.0 Å². The molecule has 0 bridgehead atoms. The highest BCUT2D eigenvalue weighted by Gasteiger charge is 2.55. The van der Waals surface area contributed by atoms with Crippen molar-refractivity contribution >= 4 is 5.91 Å². The fourth-order valence-electron chi connectivity index (χ4n) is 3.02. The summed E-state index contributed by atoms with van der Waals surface area (Å²) in [4.78, 5) is 18.4. The molecule has 1 amide bonds. The Morgan fingerprint density at radius 1 is 1.38 bits per heavy atom. The van der Waals surface area contributed by atoms with Crippen LogP contribution in [0.5, 0.6) is 0 Å². The van der Waals surface area contributed by atoms with Crippen molar-refractivity contribution in [3.8, 4) is 5.69 Å². The first-order chi connectivity index (χ1) is 10.2. The summed E-state index contributed by atoms with van der Waals surface area (Å²) in [6.07, 6.45) is 6.76. The average Bonchev–Trinajstić information content (AvgIpc) is 2.96. The monoisotopic (exact) mass is 284 g/mol. The Bertz CT molecular complexity index is 679. The van der Waals surface area contributed by atoms with Crippen LogP contribution in [-0.2, 0) is 0 Å². The molecule has 6 heteroatoms. The molecule has 1 N–H and O–H groups in total. The van der Waals surface area contributed by atoms with Crippen LogP contribution < -0.4 is 0 Å². The Kier molecular flexibility index (Phi) is 2.62. The molecule has 1 aliphatic heterocycles. The lowest BCUT2D eigenvalue weighted by Crippen LogP contribution is -2.30. The third-order valence-corrected chi connectivity index (χ3v) is 4.52. The molecule has 1 spiro atoms. The minimum absolute atomic E-state index is 0.0325. The van der Waals surface area contributed by atoms with Crippen molar-refractivity contribution in [3.05, 3.63) is 42.5 Å². The van der Waals surface area contributed by atoms with Crippen molar-refractivity contribution in [1.82, 2.24) is 19.7 Å². The highest BCUT2D eigenvalue weighted by atomic mass is 16.3. The lowest BCUT2D eigenvalue weighted by atomic mass is 10.0. The normalized spacial score (nSPS) is 22.7. The highest BCUT2D eigenvalue weighted by molar-refractivity contribution is 5.93. The molecule has 1 aliphatic carbocycles. The number of aromatic nitrogens is 3. The zero-order valence-corrected chi connectivity index (χ0v) is 11.5. The minimum atomic E-state index is -0.393. The summed E-state index contributed by atoms with van der Waals surface area (Å²) >= 11 is 0. The Balaban J connectivity index is 1.59. The van der Waals surface area contributed by atoms with Crippen LogP contribution in [0.1, 0.15) is 23.3 Å². The number of amides is 1. The number of β-amino-alcohol motifs (C(OH)–C–C–N with tert-alkyl or cyclic N) is 1. The molecular weight excluding hydrogens is 268 g/mol. The summed E-state index contributed by atoms with van der Waals surface area (Å²) in [6, 6.07) is 5.38. The van der Waals surface area contributed by atoms with Gasteiger partial charge in [-0.3, -0.25) is 9.78 Å². The number of rotatable bonds is 2. The molecule has 2 aromatic heterocycles. The van der Waals surface area contributed by atoms with Crippen molar-refractivity contribution in [2.75, 3.05) is 13.1 Å². The summed E-state index contributed by atoms with van der Waals surface area (Å²) in [5.74, 6) is -0.119. The summed E-state index contributed by atoms with van der Waals surface area (Å²) in [7, 11) is 0. The molecule has 1 unspecified atom stereocenters. The number of aliphatic hydroxyl groups is 1. The van der Waals surface area contributed by atoms with E-state index in [1.165, 1.54) is 0 Å². The first kappa shape index (κ1) is 12.5. The van der Waals surface area contributed by atoms with Gasteiger partial charge >= 0.3 is 0 Å². The number of carbonyl (C=O) groups excluding carboxylic acids is 1. The van der Waals surface area contributed by atoms with E-state index in [1.807, 2.05) is 18.3 Å². The zero-order valence-electron chi connectivity index (χ0n) is 11.5. The van der Waals surface area contributed by atoms with Gasteiger partial charge in [0.1, 0.15) is 5.69 Å². The third kappa shape index (κ3) is 2.03. The number of hydrogen-bond acceptors (Lipinski definition) is 4. The van der Waals surface area contributed by atoms with Gasteiger partial charge in [0, 0.05) is 37.1 Å².